The molecule has 0 aliphatic heterocycles. The first-order valence-corrected chi connectivity index (χ1v) is 4.87. The number of hydrogen-bond acceptors (Lipinski definition) is 3. The van der Waals surface area contributed by atoms with Crippen molar-refractivity contribution in [2.75, 3.05) is 0 Å². The fraction of sp³-hybridized carbons (Fsp3) is 0.100. The number of aromatic nitrogens is 3. The second-order valence-corrected chi connectivity index (χ2v) is 3.57. The van der Waals surface area contributed by atoms with E-state index in [0.29, 0.717) is 0 Å². The van der Waals surface area contributed by atoms with Crippen LogP contribution in [0.2, 0.25) is 0 Å². The van der Waals surface area contributed by atoms with Gasteiger partial charge in [0.25, 0.3) is 0 Å². The normalized spacial score (nSPS) is 10.2. The summed E-state index contributed by atoms with van der Waals surface area (Å²) >= 11 is 4.81. The number of thiocarbonyl (C=S) groups is 1. The maximum Gasteiger partial charge on any atom is 0.191 e. The van der Waals surface area contributed by atoms with Crippen LogP contribution in [0.3, 0.4) is 0 Å². The van der Waals surface area contributed by atoms with Crippen molar-refractivity contribution in [3.05, 3.63) is 36.2 Å². The zero-order valence-corrected chi connectivity index (χ0v) is 9.03. The van der Waals surface area contributed by atoms with Gasteiger partial charge in [-0.25, -0.2) is 4.68 Å². The molecule has 0 saturated carbocycles. The minimum Gasteiger partial charge on any atom is -0.374 e. The largest absolute Gasteiger partial charge is 0.374 e. The molecule has 76 valence electrons. The number of pyridine rings is 1. The Kier molecular flexibility index (Phi) is 2.47. The lowest BCUT2D eigenvalue weighted by Crippen LogP contribution is -2.19. The second-order valence-electron chi connectivity index (χ2n) is 3.15. The number of hydrogen-bond donors (Lipinski definition) is 1. The Hall–Kier alpha value is -1.75. The number of aryl methyl sites for hydroxylation is 1. The standard InChI is InChI=1S/C10H10N4S/c1-7-3-2-4-8(12-7)9-5-6-14(13-9)10(11)15/h2-6H,1H3,(H2,11,15). The smallest absolute Gasteiger partial charge is 0.191 e. The van der Waals surface area contributed by atoms with Crippen molar-refractivity contribution in [3.8, 4) is 11.4 Å². The summed E-state index contributed by atoms with van der Waals surface area (Å²) in [5.74, 6) is 0. The molecule has 0 spiro atoms. The van der Waals surface area contributed by atoms with Gasteiger partial charge in [-0.1, -0.05) is 6.07 Å². The Morgan fingerprint density at radius 1 is 1.33 bits per heavy atom. The molecule has 2 heterocycles. The van der Waals surface area contributed by atoms with Gasteiger partial charge in [0.05, 0.1) is 5.69 Å². The highest BCUT2D eigenvalue weighted by Gasteiger charge is 2.04. The van der Waals surface area contributed by atoms with E-state index in [2.05, 4.69) is 10.1 Å². The predicted octanol–water partition coefficient (Wildman–Crippen LogP) is 1.35. The molecule has 2 aromatic rings. The van der Waals surface area contributed by atoms with E-state index in [1.165, 1.54) is 4.68 Å². The van der Waals surface area contributed by atoms with E-state index in [-0.39, 0.29) is 5.11 Å². The molecule has 0 bridgehead atoms. The van der Waals surface area contributed by atoms with Gasteiger partial charge in [0, 0.05) is 11.9 Å². The van der Waals surface area contributed by atoms with E-state index in [1.807, 2.05) is 31.2 Å². The molecule has 2 rings (SSSR count). The van der Waals surface area contributed by atoms with Gasteiger partial charge in [-0.3, -0.25) is 4.98 Å². The van der Waals surface area contributed by atoms with E-state index < -0.39 is 0 Å². The SMILES string of the molecule is Cc1cccc(-c2ccn(C(N)=S)n2)n1. The van der Waals surface area contributed by atoms with Gasteiger partial charge < -0.3 is 5.73 Å². The zero-order valence-electron chi connectivity index (χ0n) is 8.21. The van der Waals surface area contributed by atoms with Gasteiger partial charge in [-0.05, 0) is 37.3 Å². The van der Waals surface area contributed by atoms with Crippen LogP contribution in [0.15, 0.2) is 30.5 Å². The molecular weight excluding hydrogens is 208 g/mol. The number of nitrogens with two attached hydrogens (primary N) is 1. The third-order valence-corrected chi connectivity index (χ3v) is 2.15. The third-order valence-electron chi connectivity index (χ3n) is 1.97. The fourth-order valence-corrected chi connectivity index (χ4v) is 1.37. The van der Waals surface area contributed by atoms with Crippen LogP contribution in [0, 0.1) is 6.92 Å². The minimum absolute atomic E-state index is 0.230. The summed E-state index contributed by atoms with van der Waals surface area (Å²) in [5, 5.41) is 4.44. The van der Waals surface area contributed by atoms with Gasteiger partial charge in [0.2, 0.25) is 0 Å². The zero-order chi connectivity index (χ0) is 10.8. The predicted molar refractivity (Wildman–Crippen MR) is 62.4 cm³/mol. The van der Waals surface area contributed by atoms with Crippen molar-refractivity contribution in [1.29, 1.82) is 0 Å². The lowest BCUT2D eigenvalue weighted by Gasteiger charge is -1.97. The summed E-state index contributed by atoms with van der Waals surface area (Å²) in [5.41, 5.74) is 8.00. The van der Waals surface area contributed by atoms with Crippen molar-refractivity contribution < 1.29 is 0 Å². The van der Waals surface area contributed by atoms with Crippen LogP contribution in [0.5, 0.6) is 0 Å². The average Bonchev–Trinajstić information content (AvgIpc) is 2.66. The van der Waals surface area contributed by atoms with Crippen molar-refractivity contribution in [1.82, 2.24) is 14.8 Å². The maximum absolute atomic E-state index is 5.45. The van der Waals surface area contributed by atoms with Crippen molar-refractivity contribution in [3.63, 3.8) is 0 Å². The van der Waals surface area contributed by atoms with Crippen LogP contribution in [-0.2, 0) is 0 Å². The van der Waals surface area contributed by atoms with E-state index in [0.717, 1.165) is 17.1 Å². The number of nitrogens with zero attached hydrogens (tertiary/aromatic N) is 3. The Balaban J connectivity index is 2.41. The van der Waals surface area contributed by atoms with Gasteiger partial charge in [0.1, 0.15) is 5.69 Å². The maximum atomic E-state index is 5.45. The Morgan fingerprint density at radius 2 is 2.13 bits per heavy atom. The van der Waals surface area contributed by atoms with E-state index in [4.69, 9.17) is 18.0 Å². The summed E-state index contributed by atoms with van der Waals surface area (Å²) in [6.07, 6.45) is 1.72. The van der Waals surface area contributed by atoms with Crippen LogP contribution in [-0.4, -0.2) is 19.9 Å². The first kappa shape index (κ1) is 9.79. The molecule has 2 N–H and O–H groups in total. The Labute approximate surface area is 92.7 Å². The molecule has 0 fully saturated rings. The van der Waals surface area contributed by atoms with Gasteiger partial charge in [-0.2, -0.15) is 5.10 Å². The molecule has 5 heteroatoms. The second kappa shape index (κ2) is 3.78. The average molecular weight is 218 g/mol. The topological polar surface area (TPSA) is 56.7 Å². The molecule has 0 radical (unpaired) electrons. The van der Waals surface area contributed by atoms with E-state index in [9.17, 15) is 0 Å². The summed E-state index contributed by atoms with van der Waals surface area (Å²) < 4.78 is 1.45. The third kappa shape index (κ3) is 2.02. The van der Waals surface area contributed by atoms with Crippen LogP contribution < -0.4 is 5.73 Å². The van der Waals surface area contributed by atoms with Crippen LogP contribution in [0.1, 0.15) is 5.69 Å². The molecule has 0 aliphatic rings. The highest BCUT2D eigenvalue weighted by molar-refractivity contribution is 7.80. The van der Waals surface area contributed by atoms with Crippen molar-refractivity contribution in [2.45, 2.75) is 6.92 Å². The van der Waals surface area contributed by atoms with E-state index in [1.54, 1.807) is 6.20 Å². The van der Waals surface area contributed by atoms with Gasteiger partial charge in [-0.15, -0.1) is 0 Å². The first-order valence-electron chi connectivity index (χ1n) is 4.46. The highest BCUT2D eigenvalue weighted by Crippen LogP contribution is 2.13. The quantitative estimate of drug-likeness (QED) is 0.734. The van der Waals surface area contributed by atoms with Crippen LogP contribution in [0.4, 0.5) is 0 Å². The lowest BCUT2D eigenvalue weighted by atomic mass is 10.2. The molecular formula is C10H10N4S. The molecule has 0 amide bonds. The summed E-state index contributed by atoms with van der Waals surface area (Å²) in [4.78, 5) is 4.36. The number of rotatable bonds is 1. The van der Waals surface area contributed by atoms with Crippen molar-refractivity contribution >= 4 is 17.3 Å². The van der Waals surface area contributed by atoms with Crippen LogP contribution >= 0.6 is 12.2 Å². The summed E-state index contributed by atoms with van der Waals surface area (Å²) in [6.45, 7) is 1.94. The fourth-order valence-electron chi connectivity index (χ4n) is 1.27. The Bertz CT molecular complexity index is 504. The molecule has 0 unspecified atom stereocenters. The summed E-state index contributed by atoms with van der Waals surface area (Å²) in [6, 6.07) is 7.62. The Morgan fingerprint density at radius 3 is 2.73 bits per heavy atom. The van der Waals surface area contributed by atoms with E-state index >= 15 is 0 Å². The van der Waals surface area contributed by atoms with Gasteiger partial charge >= 0.3 is 0 Å². The molecule has 0 aliphatic carbocycles. The highest BCUT2D eigenvalue weighted by atomic mass is 32.1. The summed E-state index contributed by atoms with van der Waals surface area (Å²) in [7, 11) is 0. The molecule has 0 aromatic carbocycles. The first-order chi connectivity index (χ1) is 7.16. The van der Waals surface area contributed by atoms with Crippen molar-refractivity contribution in [2.24, 2.45) is 5.73 Å². The molecule has 2 aromatic heterocycles. The minimum atomic E-state index is 0.230. The molecule has 0 atom stereocenters. The van der Waals surface area contributed by atoms with Crippen LogP contribution in [0.25, 0.3) is 11.4 Å². The van der Waals surface area contributed by atoms with Gasteiger partial charge in [0.15, 0.2) is 5.11 Å². The molecule has 4 nitrogen and oxygen atoms in total. The lowest BCUT2D eigenvalue weighted by molar-refractivity contribution is 0.940. The molecule has 0 saturated heterocycles. The molecule has 15 heavy (non-hydrogen) atoms. The monoisotopic (exact) mass is 218 g/mol.